The lowest BCUT2D eigenvalue weighted by atomic mass is 10.2. The van der Waals surface area contributed by atoms with Gasteiger partial charge in [0, 0.05) is 18.9 Å². The van der Waals surface area contributed by atoms with Crippen LogP contribution in [0.3, 0.4) is 0 Å². The zero-order valence-corrected chi connectivity index (χ0v) is 12.3. The number of fused-ring (bicyclic) bond motifs is 1. The van der Waals surface area contributed by atoms with Crippen LogP contribution < -0.4 is 9.64 Å². The van der Waals surface area contributed by atoms with E-state index in [1.807, 2.05) is 53.2 Å². The fourth-order valence-electron chi connectivity index (χ4n) is 2.98. The zero-order chi connectivity index (χ0) is 14.8. The predicted molar refractivity (Wildman–Crippen MR) is 85.3 cm³/mol. The van der Waals surface area contributed by atoms with Gasteiger partial charge in [0.2, 0.25) is 0 Å². The topological polar surface area (TPSA) is 42.7 Å². The van der Waals surface area contributed by atoms with Crippen LogP contribution in [0, 0.1) is 0 Å². The van der Waals surface area contributed by atoms with Crippen LogP contribution in [0.2, 0.25) is 0 Å². The molecule has 1 aliphatic heterocycles. The van der Waals surface area contributed by atoms with Crippen LogP contribution in [0.25, 0.3) is 5.65 Å². The minimum Gasteiger partial charge on any atom is -0.491 e. The van der Waals surface area contributed by atoms with Crippen LogP contribution in [0.4, 0.5) is 5.82 Å². The Hall–Kier alpha value is -2.56. The molecule has 0 radical (unpaired) electrons. The van der Waals surface area contributed by atoms with E-state index in [1.54, 1.807) is 6.20 Å². The number of nitrogens with zero attached hydrogens (tertiary/aromatic N) is 4. The Bertz CT molecular complexity index is 755. The summed E-state index contributed by atoms with van der Waals surface area (Å²) in [7, 11) is 0. The van der Waals surface area contributed by atoms with Crippen molar-refractivity contribution in [1.82, 2.24) is 14.6 Å². The van der Waals surface area contributed by atoms with Crippen LogP contribution >= 0.6 is 0 Å². The van der Waals surface area contributed by atoms with Gasteiger partial charge < -0.3 is 9.64 Å². The third-order valence-electron chi connectivity index (χ3n) is 4.10. The molecule has 0 spiro atoms. The van der Waals surface area contributed by atoms with Gasteiger partial charge in [0.15, 0.2) is 5.65 Å². The highest BCUT2D eigenvalue weighted by atomic mass is 16.5. The molecule has 3 aromatic rings. The Kier molecular flexibility index (Phi) is 3.39. The number of ether oxygens (including phenoxy) is 1. The van der Waals surface area contributed by atoms with Crippen molar-refractivity contribution in [3.63, 3.8) is 0 Å². The summed E-state index contributed by atoms with van der Waals surface area (Å²) in [4.78, 5) is 6.57. The van der Waals surface area contributed by atoms with Crippen LogP contribution in [0.15, 0.2) is 54.9 Å². The molecule has 0 unspecified atom stereocenters. The maximum atomic E-state index is 5.93. The normalized spacial score (nSPS) is 18.0. The molecule has 2 aromatic heterocycles. The Morgan fingerprint density at radius 1 is 1.14 bits per heavy atom. The van der Waals surface area contributed by atoms with E-state index in [0.717, 1.165) is 30.2 Å². The Morgan fingerprint density at radius 3 is 2.95 bits per heavy atom. The highest BCUT2D eigenvalue weighted by molar-refractivity contribution is 5.47. The first kappa shape index (κ1) is 13.1. The van der Waals surface area contributed by atoms with E-state index in [1.165, 1.54) is 6.42 Å². The van der Waals surface area contributed by atoms with Crippen molar-refractivity contribution >= 4 is 11.5 Å². The summed E-state index contributed by atoms with van der Waals surface area (Å²) < 4.78 is 7.75. The average Bonchev–Trinajstić information content (AvgIpc) is 3.22. The number of imidazole rings is 1. The molecule has 112 valence electrons. The molecule has 1 atom stereocenters. The Balaban J connectivity index is 1.50. The van der Waals surface area contributed by atoms with Gasteiger partial charge in [-0.2, -0.15) is 0 Å². The second-order valence-corrected chi connectivity index (χ2v) is 5.54. The van der Waals surface area contributed by atoms with E-state index in [2.05, 4.69) is 15.0 Å². The molecule has 0 amide bonds. The van der Waals surface area contributed by atoms with E-state index in [9.17, 15) is 0 Å². The van der Waals surface area contributed by atoms with Crippen LogP contribution in [-0.2, 0) is 0 Å². The Labute approximate surface area is 129 Å². The number of aromatic nitrogens is 3. The first-order chi connectivity index (χ1) is 10.9. The molecule has 0 bridgehead atoms. The molecule has 5 nitrogen and oxygen atoms in total. The third kappa shape index (κ3) is 2.50. The summed E-state index contributed by atoms with van der Waals surface area (Å²) in [5.74, 6) is 1.91. The minimum atomic E-state index is 0.369. The second kappa shape index (κ2) is 5.67. The van der Waals surface area contributed by atoms with Gasteiger partial charge in [0.25, 0.3) is 0 Å². The maximum Gasteiger partial charge on any atom is 0.153 e. The summed E-state index contributed by atoms with van der Waals surface area (Å²) in [6.07, 6.45) is 5.96. The maximum absolute atomic E-state index is 5.93. The van der Waals surface area contributed by atoms with Gasteiger partial charge in [0.1, 0.15) is 18.2 Å². The molecular formula is C17H18N4O. The standard InChI is InChI=1S/C17H18N4O/c1-2-6-15(7-3-1)22-13-14-5-4-11-20(14)17-9-8-16-18-10-12-21(16)19-17/h1-3,6-10,12,14H,4-5,11,13H2/t14-/m0/s1. The first-order valence-electron chi connectivity index (χ1n) is 7.65. The van der Waals surface area contributed by atoms with Gasteiger partial charge in [-0.25, -0.2) is 9.50 Å². The lowest BCUT2D eigenvalue weighted by Gasteiger charge is -2.25. The fourth-order valence-corrected chi connectivity index (χ4v) is 2.98. The summed E-state index contributed by atoms with van der Waals surface area (Å²) in [6.45, 7) is 1.71. The van der Waals surface area contributed by atoms with Gasteiger partial charge in [0.05, 0.1) is 6.04 Å². The molecule has 1 aromatic carbocycles. The van der Waals surface area contributed by atoms with Gasteiger partial charge in [-0.1, -0.05) is 18.2 Å². The average molecular weight is 294 g/mol. The van der Waals surface area contributed by atoms with E-state index < -0.39 is 0 Å². The molecule has 5 heteroatoms. The smallest absolute Gasteiger partial charge is 0.153 e. The minimum absolute atomic E-state index is 0.369. The molecule has 1 saturated heterocycles. The van der Waals surface area contributed by atoms with Gasteiger partial charge in [-0.15, -0.1) is 5.10 Å². The number of hydrogen-bond acceptors (Lipinski definition) is 4. The van der Waals surface area contributed by atoms with Crippen molar-refractivity contribution in [1.29, 1.82) is 0 Å². The van der Waals surface area contributed by atoms with E-state index in [0.29, 0.717) is 12.6 Å². The predicted octanol–water partition coefficient (Wildman–Crippen LogP) is 2.78. The summed E-state index contributed by atoms with van der Waals surface area (Å²) in [6, 6.07) is 14.4. The van der Waals surface area contributed by atoms with Gasteiger partial charge in [-0.3, -0.25) is 0 Å². The number of hydrogen-bond donors (Lipinski definition) is 0. The fraction of sp³-hybridized carbons (Fsp3) is 0.294. The van der Waals surface area contributed by atoms with Crippen molar-refractivity contribution in [3.05, 3.63) is 54.9 Å². The highest BCUT2D eigenvalue weighted by Crippen LogP contribution is 2.24. The third-order valence-corrected chi connectivity index (χ3v) is 4.10. The summed E-state index contributed by atoms with van der Waals surface area (Å²) >= 11 is 0. The number of para-hydroxylation sites is 1. The van der Waals surface area contributed by atoms with E-state index in [-0.39, 0.29) is 0 Å². The van der Waals surface area contributed by atoms with Crippen LogP contribution in [0.1, 0.15) is 12.8 Å². The zero-order valence-electron chi connectivity index (χ0n) is 12.3. The van der Waals surface area contributed by atoms with Crippen molar-refractivity contribution in [2.45, 2.75) is 18.9 Å². The van der Waals surface area contributed by atoms with Crippen molar-refractivity contribution < 1.29 is 4.74 Å². The summed E-state index contributed by atoms with van der Waals surface area (Å²) in [5, 5.41) is 4.65. The largest absolute Gasteiger partial charge is 0.491 e. The van der Waals surface area contributed by atoms with Crippen LogP contribution in [-0.4, -0.2) is 33.8 Å². The molecule has 0 aliphatic carbocycles. The molecular weight excluding hydrogens is 276 g/mol. The van der Waals surface area contributed by atoms with Gasteiger partial charge in [-0.05, 0) is 37.1 Å². The first-order valence-corrected chi connectivity index (χ1v) is 7.65. The molecule has 4 rings (SSSR count). The molecule has 22 heavy (non-hydrogen) atoms. The van der Waals surface area contributed by atoms with Crippen molar-refractivity contribution in [2.24, 2.45) is 0 Å². The Morgan fingerprint density at radius 2 is 2.05 bits per heavy atom. The lowest BCUT2D eigenvalue weighted by molar-refractivity contribution is 0.288. The molecule has 0 saturated carbocycles. The van der Waals surface area contributed by atoms with Crippen molar-refractivity contribution in [2.75, 3.05) is 18.1 Å². The van der Waals surface area contributed by atoms with E-state index in [4.69, 9.17) is 4.74 Å². The SMILES string of the molecule is c1ccc(OC[C@@H]2CCCN2c2ccc3nccn3n2)cc1. The molecule has 1 fully saturated rings. The quantitative estimate of drug-likeness (QED) is 0.742. The van der Waals surface area contributed by atoms with Gasteiger partial charge >= 0.3 is 0 Å². The number of anilines is 1. The van der Waals surface area contributed by atoms with Crippen molar-refractivity contribution in [3.8, 4) is 5.75 Å². The summed E-state index contributed by atoms with van der Waals surface area (Å²) in [5.41, 5.74) is 0.875. The number of rotatable bonds is 4. The number of benzene rings is 1. The molecule has 3 heterocycles. The molecule has 0 N–H and O–H groups in total. The van der Waals surface area contributed by atoms with E-state index >= 15 is 0 Å². The second-order valence-electron chi connectivity index (χ2n) is 5.54. The van der Waals surface area contributed by atoms with Crippen LogP contribution in [0.5, 0.6) is 5.75 Å². The molecule has 1 aliphatic rings. The highest BCUT2D eigenvalue weighted by Gasteiger charge is 2.26. The lowest BCUT2D eigenvalue weighted by Crippen LogP contribution is -2.35. The monoisotopic (exact) mass is 294 g/mol.